The maximum absolute atomic E-state index is 14.3. The summed E-state index contributed by atoms with van der Waals surface area (Å²) < 4.78 is 5.39. The molecule has 2 aromatic carbocycles. The van der Waals surface area contributed by atoms with Crippen LogP contribution >= 0.6 is 24.2 Å². The van der Waals surface area contributed by atoms with E-state index >= 15 is 0 Å². The van der Waals surface area contributed by atoms with Gasteiger partial charge in [0.2, 0.25) is 5.91 Å². The molecule has 0 aromatic heterocycles. The first-order valence-corrected chi connectivity index (χ1v) is 14.1. The molecule has 2 N–H and O–H groups in total. The van der Waals surface area contributed by atoms with Gasteiger partial charge in [-0.15, -0.1) is 0 Å². The Morgan fingerprint density at radius 1 is 1.03 bits per heavy atom. The maximum atomic E-state index is 14.3. The number of carbonyl (C=O) groups is 3. The van der Waals surface area contributed by atoms with Gasteiger partial charge in [0.15, 0.2) is 0 Å². The van der Waals surface area contributed by atoms with Crippen LogP contribution in [0.1, 0.15) is 76.3 Å². The van der Waals surface area contributed by atoms with Crippen molar-refractivity contribution in [3.05, 3.63) is 63.7 Å². The molecule has 2 unspecified atom stereocenters. The Morgan fingerprint density at radius 2 is 1.62 bits per heavy atom. The summed E-state index contributed by atoms with van der Waals surface area (Å²) in [5.41, 5.74) is 2.32. The quantitative estimate of drug-likeness (QED) is 0.287. The van der Waals surface area contributed by atoms with Crippen LogP contribution in [-0.4, -0.2) is 45.7 Å². The molecule has 7 nitrogen and oxygen atoms in total. The van der Waals surface area contributed by atoms with Crippen molar-refractivity contribution in [2.75, 3.05) is 11.1 Å². The van der Waals surface area contributed by atoms with E-state index in [0.29, 0.717) is 22.7 Å². The monoisotopic (exact) mass is 575 g/mol. The Bertz CT molecular complexity index is 1170. The Kier molecular flexibility index (Phi) is 10.9. The highest BCUT2D eigenvalue weighted by atomic mass is 35.5. The molecule has 214 valence electrons. The molecular formula is C30H42ClN3O4S. The van der Waals surface area contributed by atoms with Crippen LogP contribution in [0, 0.1) is 20.8 Å². The van der Waals surface area contributed by atoms with Gasteiger partial charge in [0.25, 0.3) is 5.91 Å². The number of halogens is 1. The van der Waals surface area contributed by atoms with Gasteiger partial charge in [-0.2, -0.15) is 12.6 Å². The Hall–Kier alpha value is -2.71. The Labute approximate surface area is 243 Å². The van der Waals surface area contributed by atoms with Crippen molar-refractivity contribution < 1.29 is 19.1 Å². The van der Waals surface area contributed by atoms with Gasteiger partial charge in [-0.3, -0.25) is 9.59 Å². The van der Waals surface area contributed by atoms with E-state index in [4.69, 9.17) is 16.3 Å². The van der Waals surface area contributed by atoms with E-state index in [9.17, 15) is 14.4 Å². The number of anilines is 1. The van der Waals surface area contributed by atoms with Crippen LogP contribution in [0.5, 0.6) is 0 Å². The minimum absolute atomic E-state index is 0.0131. The highest BCUT2D eigenvalue weighted by Crippen LogP contribution is 2.35. The molecule has 2 aromatic rings. The van der Waals surface area contributed by atoms with Crippen LogP contribution in [0.15, 0.2) is 36.4 Å². The lowest BCUT2D eigenvalue weighted by molar-refractivity contribution is -0.147. The van der Waals surface area contributed by atoms with Gasteiger partial charge >= 0.3 is 6.09 Å². The smallest absolute Gasteiger partial charge is 0.408 e. The van der Waals surface area contributed by atoms with Crippen LogP contribution in [0.25, 0.3) is 0 Å². The molecule has 0 fully saturated rings. The lowest BCUT2D eigenvalue weighted by Gasteiger charge is -2.44. The van der Waals surface area contributed by atoms with E-state index in [2.05, 4.69) is 23.3 Å². The van der Waals surface area contributed by atoms with Crippen LogP contribution < -0.4 is 10.6 Å². The molecule has 3 amide bonds. The largest absolute Gasteiger partial charge is 0.444 e. The van der Waals surface area contributed by atoms with Gasteiger partial charge in [0.05, 0.1) is 10.7 Å². The van der Waals surface area contributed by atoms with Gasteiger partial charge in [0.1, 0.15) is 17.7 Å². The second kappa shape index (κ2) is 13.1. The molecule has 9 heteroatoms. The number of hydrogen-bond acceptors (Lipinski definition) is 5. The SMILES string of the molecule is CCC(C)(C)N(C(=O)C(CS)NC(=O)OC(C)(C)C)C(C(=O)Nc1c(C)cccc1Cl)c1cc(C)cc(C)c1. The van der Waals surface area contributed by atoms with E-state index in [1.54, 1.807) is 31.7 Å². The summed E-state index contributed by atoms with van der Waals surface area (Å²) in [6.07, 6.45) is -0.187. The van der Waals surface area contributed by atoms with E-state index in [0.717, 1.165) is 16.7 Å². The fourth-order valence-electron chi connectivity index (χ4n) is 4.32. The Morgan fingerprint density at radius 3 is 2.10 bits per heavy atom. The summed E-state index contributed by atoms with van der Waals surface area (Å²) in [5, 5.41) is 6.03. The predicted molar refractivity (Wildman–Crippen MR) is 162 cm³/mol. The van der Waals surface area contributed by atoms with E-state index in [1.165, 1.54) is 0 Å². The van der Waals surface area contributed by atoms with Crippen molar-refractivity contribution in [3.63, 3.8) is 0 Å². The topological polar surface area (TPSA) is 87.7 Å². The first-order chi connectivity index (χ1) is 18.0. The van der Waals surface area contributed by atoms with Crippen molar-refractivity contribution >= 4 is 47.8 Å². The van der Waals surface area contributed by atoms with E-state index in [-0.39, 0.29) is 5.75 Å². The fourth-order valence-corrected chi connectivity index (χ4v) is 4.83. The Balaban J connectivity index is 2.68. The van der Waals surface area contributed by atoms with Crippen molar-refractivity contribution in [2.45, 2.75) is 92.0 Å². The van der Waals surface area contributed by atoms with Gasteiger partial charge in [-0.05, 0) is 79.0 Å². The zero-order valence-electron chi connectivity index (χ0n) is 24.4. The van der Waals surface area contributed by atoms with E-state index < -0.39 is 41.1 Å². The molecule has 0 radical (unpaired) electrons. The lowest BCUT2D eigenvalue weighted by Crippen LogP contribution is -2.59. The number of benzene rings is 2. The summed E-state index contributed by atoms with van der Waals surface area (Å²) in [6.45, 7) is 16.7. The summed E-state index contributed by atoms with van der Waals surface area (Å²) in [6, 6.07) is 9.13. The number of amides is 3. The number of hydrogen-bond donors (Lipinski definition) is 3. The van der Waals surface area contributed by atoms with Gasteiger partial charge < -0.3 is 20.3 Å². The molecule has 0 heterocycles. The molecule has 0 aliphatic rings. The minimum Gasteiger partial charge on any atom is -0.444 e. The fraction of sp³-hybridized carbons (Fsp3) is 0.500. The van der Waals surface area contributed by atoms with Crippen LogP contribution in [0.4, 0.5) is 10.5 Å². The molecule has 0 saturated carbocycles. The summed E-state index contributed by atoms with van der Waals surface area (Å²) in [5.74, 6) is -0.849. The second-order valence-electron chi connectivity index (χ2n) is 11.5. The number of nitrogens with zero attached hydrogens (tertiary/aromatic N) is 1. The number of carbonyl (C=O) groups excluding carboxylic acids is 3. The van der Waals surface area contributed by atoms with E-state index in [1.807, 2.05) is 71.9 Å². The number of alkyl carbamates (subject to hydrolysis) is 1. The molecule has 39 heavy (non-hydrogen) atoms. The van der Waals surface area contributed by atoms with Crippen molar-refractivity contribution in [1.29, 1.82) is 0 Å². The van der Waals surface area contributed by atoms with Gasteiger partial charge in [-0.25, -0.2) is 4.79 Å². The normalized spacial score (nSPS) is 13.3. The number of nitrogens with one attached hydrogen (secondary N) is 2. The number of thiol groups is 1. The lowest BCUT2D eigenvalue weighted by atomic mass is 9.91. The van der Waals surface area contributed by atoms with Crippen LogP contribution in [0.3, 0.4) is 0 Å². The summed E-state index contributed by atoms with van der Waals surface area (Å²) in [4.78, 5) is 42.6. The number of aryl methyl sites for hydroxylation is 3. The van der Waals surface area contributed by atoms with Crippen molar-refractivity contribution in [1.82, 2.24) is 10.2 Å². The third kappa shape index (κ3) is 8.64. The average molecular weight is 576 g/mol. The summed E-state index contributed by atoms with van der Waals surface area (Å²) >= 11 is 10.8. The van der Waals surface area contributed by atoms with Crippen LogP contribution in [0.2, 0.25) is 5.02 Å². The first-order valence-electron chi connectivity index (χ1n) is 13.1. The summed E-state index contributed by atoms with van der Waals surface area (Å²) in [7, 11) is 0. The molecule has 0 saturated heterocycles. The average Bonchev–Trinajstić information content (AvgIpc) is 2.80. The minimum atomic E-state index is -1.03. The third-order valence-electron chi connectivity index (χ3n) is 6.46. The third-order valence-corrected chi connectivity index (χ3v) is 7.14. The van der Waals surface area contributed by atoms with Crippen LogP contribution in [-0.2, 0) is 14.3 Å². The predicted octanol–water partition coefficient (Wildman–Crippen LogP) is 6.79. The number of para-hydroxylation sites is 1. The molecule has 0 bridgehead atoms. The zero-order chi connectivity index (χ0) is 29.7. The second-order valence-corrected chi connectivity index (χ2v) is 12.3. The van der Waals surface area contributed by atoms with Gasteiger partial charge in [-0.1, -0.05) is 60.0 Å². The van der Waals surface area contributed by atoms with Gasteiger partial charge in [0, 0.05) is 11.3 Å². The number of ether oxygens (including phenoxy) is 1. The zero-order valence-corrected chi connectivity index (χ0v) is 26.1. The molecular weight excluding hydrogens is 534 g/mol. The first kappa shape index (κ1) is 32.5. The highest BCUT2D eigenvalue weighted by molar-refractivity contribution is 7.80. The number of rotatable bonds is 9. The maximum Gasteiger partial charge on any atom is 0.408 e. The molecule has 0 spiro atoms. The molecule has 0 aliphatic heterocycles. The molecule has 2 rings (SSSR count). The van der Waals surface area contributed by atoms with Crippen molar-refractivity contribution in [2.24, 2.45) is 0 Å². The molecule has 0 aliphatic carbocycles. The molecule has 2 atom stereocenters. The standard InChI is InChI=1S/C30H42ClN3O4S/c1-10-30(8,9)34(27(36)23(17-39)32-28(37)38-29(5,6)7)25(21-15-18(2)14-19(3)16-21)26(35)33-24-20(4)12-11-13-22(24)31/h11-16,23,25,39H,10,17H2,1-9H3,(H,32,37)(H,33,35). The van der Waals surface area contributed by atoms with Crippen molar-refractivity contribution in [3.8, 4) is 0 Å². The highest BCUT2D eigenvalue weighted by Gasteiger charge is 2.43.